The predicted molar refractivity (Wildman–Crippen MR) is 57.3 cm³/mol. The van der Waals surface area contributed by atoms with Crippen LogP contribution in [0.25, 0.3) is 0 Å². The Balaban J connectivity index is 2.78. The Bertz CT molecular complexity index is 471. The highest BCUT2D eigenvalue weighted by molar-refractivity contribution is 7.89. The van der Waals surface area contributed by atoms with Crippen molar-refractivity contribution in [2.75, 3.05) is 7.11 Å². The maximum atomic E-state index is 11.5. The second kappa shape index (κ2) is 5.15. The van der Waals surface area contributed by atoms with Gasteiger partial charge in [-0.1, -0.05) is 11.6 Å². The van der Waals surface area contributed by atoms with Crippen molar-refractivity contribution in [3.05, 3.63) is 29.3 Å². The lowest BCUT2D eigenvalue weighted by molar-refractivity contribution is 0.169. The van der Waals surface area contributed by atoms with Crippen LogP contribution in [0.4, 0.5) is 4.79 Å². The molecule has 0 saturated carbocycles. The maximum absolute atomic E-state index is 11.5. The van der Waals surface area contributed by atoms with Crippen LogP contribution in [-0.4, -0.2) is 21.6 Å². The van der Waals surface area contributed by atoms with Crippen LogP contribution in [0.15, 0.2) is 29.2 Å². The molecule has 8 heteroatoms. The first-order valence-corrected chi connectivity index (χ1v) is 5.93. The van der Waals surface area contributed by atoms with E-state index in [1.807, 2.05) is 10.3 Å². The van der Waals surface area contributed by atoms with E-state index in [2.05, 4.69) is 4.74 Å². The second-order valence-corrected chi connectivity index (χ2v) is 4.79. The van der Waals surface area contributed by atoms with Gasteiger partial charge in [-0.2, -0.15) is 0 Å². The number of amides is 1. The first-order valence-electron chi connectivity index (χ1n) is 4.07. The minimum absolute atomic E-state index is 0.0201. The summed E-state index contributed by atoms with van der Waals surface area (Å²) in [5, 5.41) is 0.417. The van der Waals surface area contributed by atoms with Crippen molar-refractivity contribution in [2.24, 2.45) is 0 Å². The summed E-state index contributed by atoms with van der Waals surface area (Å²) in [6.45, 7) is 0. The van der Waals surface area contributed by atoms with Gasteiger partial charge in [-0.05, 0) is 24.3 Å². The van der Waals surface area contributed by atoms with Crippen LogP contribution >= 0.6 is 11.6 Å². The number of nitrogens with one attached hydrogen (secondary N) is 2. The van der Waals surface area contributed by atoms with Crippen LogP contribution in [0, 0.1) is 0 Å². The summed E-state index contributed by atoms with van der Waals surface area (Å²) in [5.74, 6) is 0. The molecule has 0 aromatic heterocycles. The van der Waals surface area contributed by atoms with Crippen LogP contribution in [0.5, 0.6) is 0 Å². The lowest BCUT2D eigenvalue weighted by Gasteiger charge is -2.06. The number of hydrogen-bond acceptors (Lipinski definition) is 4. The van der Waals surface area contributed by atoms with Crippen LogP contribution in [0.1, 0.15) is 0 Å². The summed E-state index contributed by atoms with van der Waals surface area (Å²) in [6, 6.07) is 5.47. The Kier molecular flexibility index (Phi) is 4.11. The molecule has 0 aliphatic rings. The third-order valence-electron chi connectivity index (χ3n) is 1.60. The number of hydrogen-bond donors (Lipinski definition) is 2. The van der Waals surface area contributed by atoms with Gasteiger partial charge in [-0.3, -0.25) is 0 Å². The zero-order valence-corrected chi connectivity index (χ0v) is 9.80. The molecule has 0 radical (unpaired) electrons. The van der Waals surface area contributed by atoms with Gasteiger partial charge >= 0.3 is 6.09 Å². The van der Waals surface area contributed by atoms with Crippen molar-refractivity contribution in [1.29, 1.82) is 0 Å². The van der Waals surface area contributed by atoms with Gasteiger partial charge in [0.15, 0.2) is 0 Å². The molecule has 88 valence electrons. The number of ether oxygens (including phenoxy) is 1. The first-order chi connectivity index (χ1) is 7.45. The van der Waals surface area contributed by atoms with E-state index < -0.39 is 16.1 Å². The molecule has 6 nitrogen and oxygen atoms in total. The van der Waals surface area contributed by atoms with Gasteiger partial charge in [0.2, 0.25) is 0 Å². The highest BCUT2D eigenvalue weighted by atomic mass is 35.5. The van der Waals surface area contributed by atoms with Gasteiger partial charge in [0.1, 0.15) is 0 Å². The van der Waals surface area contributed by atoms with E-state index in [0.29, 0.717) is 5.02 Å². The van der Waals surface area contributed by atoms with Gasteiger partial charge in [0, 0.05) is 5.02 Å². The molecule has 2 N–H and O–H groups in total. The van der Waals surface area contributed by atoms with Gasteiger partial charge in [0.25, 0.3) is 10.0 Å². The Morgan fingerprint density at radius 2 is 1.88 bits per heavy atom. The number of hydrazine groups is 1. The minimum atomic E-state index is -3.80. The molecule has 0 heterocycles. The Morgan fingerprint density at radius 1 is 1.31 bits per heavy atom. The van der Waals surface area contributed by atoms with Gasteiger partial charge in [0.05, 0.1) is 12.0 Å². The Hall–Kier alpha value is -1.31. The fourth-order valence-electron chi connectivity index (χ4n) is 0.833. The molecule has 0 saturated heterocycles. The molecule has 0 atom stereocenters. The van der Waals surface area contributed by atoms with E-state index in [0.717, 1.165) is 7.11 Å². The zero-order valence-electron chi connectivity index (χ0n) is 8.23. The van der Waals surface area contributed by atoms with Crippen molar-refractivity contribution in [3.63, 3.8) is 0 Å². The molecule has 0 unspecified atom stereocenters. The molecule has 0 aliphatic carbocycles. The van der Waals surface area contributed by atoms with E-state index in [9.17, 15) is 13.2 Å². The monoisotopic (exact) mass is 264 g/mol. The summed E-state index contributed by atoms with van der Waals surface area (Å²) in [6.07, 6.45) is -0.905. The number of sulfonamides is 1. The predicted octanol–water partition coefficient (Wildman–Crippen LogP) is 0.889. The topological polar surface area (TPSA) is 84.5 Å². The van der Waals surface area contributed by atoms with E-state index in [4.69, 9.17) is 11.6 Å². The summed E-state index contributed by atoms with van der Waals surface area (Å²) < 4.78 is 27.3. The van der Waals surface area contributed by atoms with E-state index in [1.54, 1.807) is 0 Å². The lowest BCUT2D eigenvalue weighted by Crippen LogP contribution is -2.41. The average molecular weight is 265 g/mol. The SMILES string of the molecule is COC(=O)NNS(=O)(=O)c1ccc(Cl)cc1. The molecule has 1 amide bonds. The van der Waals surface area contributed by atoms with E-state index >= 15 is 0 Å². The highest BCUT2D eigenvalue weighted by Crippen LogP contribution is 2.13. The molecule has 1 rings (SSSR count). The van der Waals surface area contributed by atoms with Gasteiger partial charge < -0.3 is 4.74 Å². The Labute approximate surface area is 97.6 Å². The van der Waals surface area contributed by atoms with Crippen LogP contribution < -0.4 is 10.3 Å². The molecular formula is C8H9ClN2O4S. The van der Waals surface area contributed by atoms with Crippen molar-refractivity contribution in [2.45, 2.75) is 4.90 Å². The third kappa shape index (κ3) is 3.37. The fourth-order valence-corrected chi connectivity index (χ4v) is 1.79. The second-order valence-electron chi connectivity index (χ2n) is 2.68. The lowest BCUT2D eigenvalue weighted by atomic mass is 10.4. The summed E-state index contributed by atoms with van der Waals surface area (Å²) in [4.78, 5) is 12.5. The third-order valence-corrected chi connectivity index (χ3v) is 3.11. The summed E-state index contributed by atoms with van der Waals surface area (Å²) in [5.41, 5.74) is 1.85. The quantitative estimate of drug-likeness (QED) is 0.794. The maximum Gasteiger partial charge on any atom is 0.422 e. The summed E-state index contributed by atoms with van der Waals surface area (Å²) >= 11 is 5.61. The van der Waals surface area contributed by atoms with Crippen LogP contribution in [0.3, 0.4) is 0 Å². The Morgan fingerprint density at radius 3 is 2.38 bits per heavy atom. The number of benzene rings is 1. The van der Waals surface area contributed by atoms with Crippen LogP contribution in [0.2, 0.25) is 5.02 Å². The fraction of sp³-hybridized carbons (Fsp3) is 0.125. The average Bonchev–Trinajstić information content (AvgIpc) is 2.26. The number of halogens is 1. The smallest absolute Gasteiger partial charge is 0.422 e. The number of methoxy groups -OCH3 is 1. The van der Waals surface area contributed by atoms with Crippen molar-refractivity contribution in [3.8, 4) is 0 Å². The number of rotatable bonds is 3. The summed E-state index contributed by atoms with van der Waals surface area (Å²) in [7, 11) is -2.69. The minimum Gasteiger partial charge on any atom is -0.452 e. The van der Waals surface area contributed by atoms with E-state index in [-0.39, 0.29) is 4.90 Å². The van der Waals surface area contributed by atoms with Gasteiger partial charge in [-0.15, -0.1) is 4.83 Å². The molecular weight excluding hydrogens is 256 g/mol. The molecule has 0 fully saturated rings. The number of carbonyl (C=O) groups excluding carboxylic acids is 1. The van der Waals surface area contributed by atoms with E-state index in [1.165, 1.54) is 24.3 Å². The zero-order chi connectivity index (χ0) is 12.2. The normalized spacial score (nSPS) is 10.9. The molecule has 16 heavy (non-hydrogen) atoms. The molecule has 1 aromatic rings. The van der Waals surface area contributed by atoms with Gasteiger partial charge in [-0.25, -0.2) is 18.6 Å². The van der Waals surface area contributed by atoms with Crippen molar-refractivity contribution in [1.82, 2.24) is 10.3 Å². The molecule has 1 aromatic carbocycles. The van der Waals surface area contributed by atoms with Crippen molar-refractivity contribution >= 4 is 27.7 Å². The molecule has 0 aliphatic heterocycles. The molecule has 0 spiro atoms. The van der Waals surface area contributed by atoms with Crippen LogP contribution in [-0.2, 0) is 14.8 Å². The molecule has 0 bridgehead atoms. The number of carbonyl (C=O) groups is 1. The standard InChI is InChI=1S/C8H9ClN2O4S/c1-15-8(12)10-11-16(13,14)7-4-2-6(9)3-5-7/h2-5,11H,1H3,(H,10,12). The largest absolute Gasteiger partial charge is 0.452 e. The first kappa shape index (κ1) is 12.8. The highest BCUT2D eigenvalue weighted by Gasteiger charge is 2.14. The van der Waals surface area contributed by atoms with Crippen molar-refractivity contribution < 1.29 is 17.9 Å².